The predicted molar refractivity (Wildman–Crippen MR) is 89.1 cm³/mol. The maximum Gasteiger partial charge on any atom is 0.265 e. The molecule has 1 atom stereocenters. The molecule has 0 heterocycles. The van der Waals surface area contributed by atoms with E-state index in [-0.39, 0.29) is 5.91 Å². The summed E-state index contributed by atoms with van der Waals surface area (Å²) in [5.41, 5.74) is 1.96. The predicted octanol–water partition coefficient (Wildman–Crippen LogP) is 4.01. The van der Waals surface area contributed by atoms with Crippen LogP contribution in [0.1, 0.15) is 12.5 Å². The normalized spacial score (nSPS) is 11.8. The fraction of sp³-hybridized carbons (Fsp3) is 0.188. The molecule has 4 heteroatoms. The highest BCUT2D eigenvalue weighted by molar-refractivity contribution is 14.1. The zero-order chi connectivity index (χ0) is 14.5. The van der Waals surface area contributed by atoms with Gasteiger partial charge in [-0.05, 0) is 60.7 Å². The number of aryl methyl sites for hydroxylation is 1. The van der Waals surface area contributed by atoms with Crippen LogP contribution in [0.4, 0.5) is 5.69 Å². The maximum atomic E-state index is 12.1. The van der Waals surface area contributed by atoms with Crippen molar-refractivity contribution in [3.8, 4) is 5.75 Å². The van der Waals surface area contributed by atoms with Crippen LogP contribution in [-0.2, 0) is 4.79 Å². The van der Waals surface area contributed by atoms with Gasteiger partial charge in [0.05, 0.1) is 5.69 Å². The quantitative estimate of drug-likeness (QED) is 0.813. The molecule has 2 rings (SSSR count). The van der Waals surface area contributed by atoms with Gasteiger partial charge in [-0.25, -0.2) is 0 Å². The van der Waals surface area contributed by atoms with Crippen molar-refractivity contribution in [2.45, 2.75) is 20.0 Å². The molecule has 0 fully saturated rings. The molecule has 0 bridgehead atoms. The van der Waals surface area contributed by atoms with Gasteiger partial charge in [-0.3, -0.25) is 4.79 Å². The number of nitrogens with one attached hydrogen (secondary N) is 1. The highest BCUT2D eigenvalue weighted by Crippen LogP contribution is 2.18. The second-order valence-corrected chi connectivity index (χ2v) is 5.70. The maximum absolute atomic E-state index is 12.1. The molecule has 3 nitrogen and oxygen atoms in total. The van der Waals surface area contributed by atoms with Crippen molar-refractivity contribution in [1.29, 1.82) is 0 Å². The van der Waals surface area contributed by atoms with E-state index < -0.39 is 6.10 Å². The molecule has 1 amide bonds. The minimum atomic E-state index is -0.547. The van der Waals surface area contributed by atoms with Crippen LogP contribution in [0.3, 0.4) is 0 Å². The molecule has 1 unspecified atom stereocenters. The zero-order valence-corrected chi connectivity index (χ0v) is 13.5. The molecule has 0 aliphatic heterocycles. The summed E-state index contributed by atoms with van der Waals surface area (Å²) in [7, 11) is 0. The van der Waals surface area contributed by atoms with Gasteiger partial charge in [0.2, 0.25) is 0 Å². The van der Waals surface area contributed by atoms with E-state index in [0.29, 0.717) is 5.75 Å². The molecule has 20 heavy (non-hydrogen) atoms. The number of hydrogen-bond donors (Lipinski definition) is 1. The van der Waals surface area contributed by atoms with Crippen molar-refractivity contribution < 1.29 is 9.53 Å². The average Bonchev–Trinajstić information content (AvgIpc) is 2.44. The molecule has 2 aromatic carbocycles. The number of para-hydroxylation sites is 1. The van der Waals surface area contributed by atoms with E-state index >= 15 is 0 Å². The molecular formula is C16H16INO2. The first kappa shape index (κ1) is 14.8. The smallest absolute Gasteiger partial charge is 0.265 e. The van der Waals surface area contributed by atoms with Crippen molar-refractivity contribution in [3.63, 3.8) is 0 Å². The van der Waals surface area contributed by atoms with Crippen LogP contribution in [0.15, 0.2) is 48.5 Å². The third-order valence-electron chi connectivity index (χ3n) is 2.83. The van der Waals surface area contributed by atoms with Crippen molar-refractivity contribution >= 4 is 34.2 Å². The summed E-state index contributed by atoms with van der Waals surface area (Å²) in [5, 5.41) is 2.87. The summed E-state index contributed by atoms with van der Waals surface area (Å²) in [6, 6.07) is 15.3. The van der Waals surface area contributed by atoms with Gasteiger partial charge < -0.3 is 10.1 Å². The van der Waals surface area contributed by atoms with Crippen LogP contribution in [0, 0.1) is 10.5 Å². The molecular weight excluding hydrogens is 365 g/mol. The third kappa shape index (κ3) is 3.96. The largest absolute Gasteiger partial charge is 0.481 e. The van der Waals surface area contributed by atoms with E-state index in [0.717, 1.165) is 14.8 Å². The lowest BCUT2D eigenvalue weighted by molar-refractivity contribution is -0.122. The molecule has 0 aliphatic rings. The first-order valence-corrected chi connectivity index (χ1v) is 7.43. The van der Waals surface area contributed by atoms with Gasteiger partial charge >= 0.3 is 0 Å². The number of carbonyl (C=O) groups excluding carboxylic acids is 1. The Kier molecular flexibility index (Phi) is 5.00. The lowest BCUT2D eigenvalue weighted by Crippen LogP contribution is -2.30. The number of hydrogen-bond acceptors (Lipinski definition) is 2. The Morgan fingerprint density at radius 2 is 1.80 bits per heavy atom. The van der Waals surface area contributed by atoms with Crippen LogP contribution >= 0.6 is 22.6 Å². The Morgan fingerprint density at radius 3 is 2.45 bits per heavy atom. The number of carbonyl (C=O) groups is 1. The number of benzene rings is 2. The molecule has 1 N–H and O–H groups in total. The number of halogens is 1. The summed E-state index contributed by atoms with van der Waals surface area (Å²) < 4.78 is 6.63. The lowest BCUT2D eigenvalue weighted by atomic mass is 10.2. The Hall–Kier alpha value is -1.56. The van der Waals surface area contributed by atoms with Gasteiger partial charge in [0.25, 0.3) is 5.91 Å². The van der Waals surface area contributed by atoms with Crippen LogP contribution < -0.4 is 10.1 Å². The minimum absolute atomic E-state index is 0.158. The van der Waals surface area contributed by atoms with E-state index in [2.05, 4.69) is 27.9 Å². The van der Waals surface area contributed by atoms with E-state index in [1.54, 1.807) is 6.92 Å². The number of anilines is 1. The first-order valence-electron chi connectivity index (χ1n) is 6.35. The van der Waals surface area contributed by atoms with Crippen molar-refractivity contribution in [3.05, 3.63) is 57.7 Å². The van der Waals surface area contributed by atoms with Gasteiger partial charge in [-0.2, -0.15) is 0 Å². The number of amides is 1. The molecule has 2 aromatic rings. The Labute approximate surface area is 132 Å². The molecule has 0 spiro atoms. The van der Waals surface area contributed by atoms with Crippen LogP contribution in [-0.4, -0.2) is 12.0 Å². The Bertz CT molecular complexity index is 596. The number of ether oxygens (including phenoxy) is 1. The zero-order valence-electron chi connectivity index (χ0n) is 11.4. The molecule has 104 valence electrons. The van der Waals surface area contributed by atoms with Gasteiger partial charge in [-0.15, -0.1) is 0 Å². The van der Waals surface area contributed by atoms with E-state index in [1.807, 2.05) is 55.5 Å². The SMILES string of the molecule is Cc1ccc(OC(C)C(=O)Nc2ccccc2I)cc1. The van der Waals surface area contributed by atoms with Gasteiger partial charge in [0, 0.05) is 3.57 Å². The summed E-state index contributed by atoms with van der Waals surface area (Å²) >= 11 is 2.19. The van der Waals surface area contributed by atoms with Gasteiger partial charge in [0.1, 0.15) is 5.75 Å². The first-order chi connectivity index (χ1) is 9.56. The lowest BCUT2D eigenvalue weighted by Gasteiger charge is -2.15. The molecule has 0 aliphatic carbocycles. The van der Waals surface area contributed by atoms with Crippen LogP contribution in [0.25, 0.3) is 0 Å². The van der Waals surface area contributed by atoms with Crippen LogP contribution in [0.2, 0.25) is 0 Å². The third-order valence-corrected chi connectivity index (χ3v) is 3.78. The highest BCUT2D eigenvalue weighted by Gasteiger charge is 2.15. The minimum Gasteiger partial charge on any atom is -0.481 e. The van der Waals surface area contributed by atoms with E-state index in [1.165, 1.54) is 0 Å². The summed E-state index contributed by atoms with van der Waals surface area (Å²) in [6.45, 7) is 3.75. The number of rotatable bonds is 4. The second-order valence-electron chi connectivity index (χ2n) is 4.54. The van der Waals surface area contributed by atoms with Crippen LogP contribution in [0.5, 0.6) is 5.75 Å². The molecule has 0 saturated heterocycles. The fourth-order valence-electron chi connectivity index (χ4n) is 1.67. The van der Waals surface area contributed by atoms with Gasteiger partial charge in [0.15, 0.2) is 6.10 Å². The topological polar surface area (TPSA) is 38.3 Å². The highest BCUT2D eigenvalue weighted by atomic mass is 127. The molecule has 0 aromatic heterocycles. The van der Waals surface area contributed by atoms with E-state index in [4.69, 9.17) is 4.74 Å². The van der Waals surface area contributed by atoms with E-state index in [9.17, 15) is 4.79 Å². The second kappa shape index (κ2) is 6.74. The Balaban J connectivity index is 1.99. The summed E-state index contributed by atoms with van der Waals surface area (Å²) in [6.07, 6.45) is -0.547. The summed E-state index contributed by atoms with van der Waals surface area (Å²) in [5.74, 6) is 0.538. The average molecular weight is 381 g/mol. The molecule has 0 radical (unpaired) electrons. The standard InChI is InChI=1S/C16H16INO2/c1-11-7-9-13(10-8-11)20-12(2)16(19)18-15-6-4-3-5-14(15)17/h3-10,12H,1-2H3,(H,18,19). The summed E-state index contributed by atoms with van der Waals surface area (Å²) in [4.78, 5) is 12.1. The van der Waals surface area contributed by atoms with Gasteiger partial charge in [-0.1, -0.05) is 29.8 Å². The van der Waals surface area contributed by atoms with Crippen molar-refractivity contribution in [2.75, 3.05) is 5.32 Å². The van der Waals surface area contributed by atoms with Crippen molar-refractivity contribution in [1.82, 2.24) is 0 Å². The fourth-order valence-corrected chi connectivity index (χ4v) is 2.19. The van der Waals surface area contributed by atoms with Crippen molar-refractivity contribution in [2.24, 2.45) is 0 Å². The Morgan fingerprint density at radius 1 is 1.15 bits per heavy atom. The molecule has 0 saturated carbocycles. The monoisotopic (exact) mass is 381 g/mol.